The number of hydrogen-bond donors (Lipinski definition) is 0. The van der Waals surface area contributed by atoms with E-state index in [2.05, 4.69) is 0 Å². The minimum atomic E-state index is -2.83. The molecule has 0 N–H and O–H groups in total. The van der Waals surface area contributed by atoms with Crippen LogP contribution >= 0.6 is 7.37 Å². The van der Waals surface area contributed by atoms with Crippen LogP contribution in [-0.2, 0) is 19.2 Å². The first kappa shape index (κ1) is 18.6. The number of amides is 1. The maximum absolute atomic E-state index is 12.8. The SMILES string of the molecule is CCOC(=O)N1C(OP(=O)(CC)CC)=CC(C)(C)c2ccccc21. The van der Waals surface area contributed by atoms with Crippen LogP contribution < -0.4 is 4.90 Å². The van der Waals surface area contributed by atoms with E-state index in [4.69, 9.17) is 9.26 Å². The van der Waals surface area contributed by atoms with Gasteiger partial charge in [0.1, 0.15) is 0 Å². The fourth-order valence-electron chi connectivity index (χ4n) is 2.75. The monoisotopic (exact) mass is 351 g/mol. The first-order chi connectivity index (χ1) is 11.3. The van der Waals surface area contributed by atoms with E-state index in [1.165, 1.54) is 4.90 Å². The summed E-state index contributed by atoms with van der Waals surface area (Å²) in [5.74, 6) is 0.296. The predicted octanol–water partition coefficient (Wildman–Crippen LogP) is 5.12. The van der Waals surface area contributed by atoms with Gasteiger partial charge in [0.05, 0.1) is 12.3 Å². The fourth-order valence-corrected chi connectivity index (χ4v) is 3.93. The number of fused-ring (bicyclic) bond motifs is 1. The van der Waals surface area contributed by atoms with Gasteiger partial charge in [-0.15, -0.1) is 0 Å². The van der Waals surface area contributed by atoms with Gasteiger partial charge >= 0.3 is 6.09 Å². The zero-order valence-corrected chi connectivity index (χ0v) is 15.9. The Bertz CT molecular complexity index is 688. The van der Waals surface area contributed by atoms with Crippen molar-refractivity contribution in [1.29, 1.82) is 0 Å². The summed E-state index contributed by atoms with van der Waals surface area (Å²) in [6.45, 7) is 9.77. The molecule has 0 fully saturated rings. The highest BCUT2D eigenvalue weighted by Gasteiger charge is 2.38. The highest BCUT2D eigenvalue weighted by Crippen LogP contribution is 2.51. The number of benzene rings is 1. The van der Waals surface area contributed by atoms with Crippen molar-refractivity contribution in [3.8, 4) is 0 Å². The summed E-state index contributed by atoms with van der Waals surface area (Å²) in [4.78, 5) is 13.9. The van der Waals surface area contributed by atoms with Gasteiger partial charge in [0, 0.05) is 17.7 Å². The lowest BCUT2D eigenvalue weighted by Gasteiger charge is -2.37. The van der Waals surface area contributed by atoms with Crippen LogP contribution in [-0.4, -0.2) is 25.0 Å². The van der Waals surface area contributed by atoms with Gasteiger partial charge in [-0.3, -0.25) is 4.57 Å². The standard InChI is InChI=1S/C18H26NO4P/c1-6-22-17(20)19-15-12-10-9-11-14(15)18(4,5)13-16(19)23-24(21,7-2)8-3/h9-13H,6-8H2,1-5H3. The third-order valence-corrected chi connectivity index (χ3v) is 6.66. The molecule has 0 radical (unpaired) electrons. The lowest BCUT2D eigenvalue weighted by molar-refractivity contribution is 0.158. The van der Waals surface area contributed by atoms with E-state index in [1.807, 2.05) is 58.0 Å². The number of carbonyl (C=O) groups excluding carboxylic acids is 1. The van der Waals surface area contributed by atoms with Crippen LogP contribution in [0.25, 0.3) is 0 Å². The quantitative estimate of drug-likeness (QED) is 0.691. The maximum atomic E-state index is 12.8. The van der Waals surface area contributed by atoms with Crippen molar-refractivity contribution in [2.75, 3.05) is 23.8 Å². The Labute approximate surface area is 144 Å². The van der Waals surface area contributed by atoms with Crippen molar-refractivity contribution < 1.29 is 18.6 Å². The third kappa shape index (κ3) is 3.51. The number of rotatable bonds is 5. The van der Waals surface area contributed by atoms with Crippen LogP contribution in [0.15, 0.2) is 36.2 Å². The second-order valence-electron chi connectivity index (χ2n) is 6.29. The summed E-state index contributed by atoms with van der Waals surface area (Å²) in [6, 6.07) is 7.64. The highest BCUT2D eigenvalue weighted by atomic mass is 31.2. The number of allylic oxidation sites excluding steroid dienone is 1. The summed E-state index contributed by atoms with van der Waals surface area (Å²) < 4.78 is 23.9. The Balaban J connectivity index is 2.56. The number of carbonyl (C=O) groups is 1. The Morgan fingerprint density at radius 1 is 1.17 bits per heavy atom. The summed E-state index contributed by atoms with van der Waals surface area (Å²) in [5, 5.41) is 0. The van der Waals surface area contributed by atoms with E-state index >= 15 is 0 Å². The average Bonchev–Trinajstić information content (AvgIpc) is 2.54. The van der Waals surface area contributed by atoms with Crippen molar-refractivity contribution in [3.63, 3.8) is 0 Å². The van der Waals surface area contributed by atoms with Crippen LogP contribution in [0.3, 0.4) is 0 Å². The molecule has 0 spiro atoms. The molecule has 0 atom stereocenters. The second-order valence-corrected chi connectivity index (χ2v) is 9.37. The number of nitrogens with zero attached hydrogens (tertiary/aromatic N) is 1. The minimum absolute atomic E-state index is 0.257. The van der Waals surface area contributed by atoms with Crippen LogP contribution in [0, 0.1) is 0 Å². The van der Waals surface area contributed by atoms with E-state index in [-0.39, 0.29) is 12.0 Å². The first-order valence-corrected chi connectivity index (χ1v) is 10.3. The normalized spacial score (nSPS) is 16.2. The lowest BCUT2D eigenvalue weighted by atomic mass is 9.81. The summed E-state index contributed by atoms with van der Waals surface area (Å²) in [6.07, 6.45) is 2.16. The van der Waals surface area contributed by atoms with Gasteiger partial charge in [0.25, 0.3) is 0 Å². The molecule has 0 saturated carbocycles. The number of ether oxygens (including phenoxy) is 1. The number of para-hydroxylation sites is 1. The van der Waals surface area contributed by atoms with Gasteiger partial charge in [-0.2, -0.15) is 0 Å². The Kier molecular flexibility index (Phi) is 5.44. The van der Waals surface area contributed by atoms with E-state index < -0.39 is 13.5 Å². The van der Waals surface area contributed by atoms with Crippen LogP contribution in [0.4, 0.5) is 10.5 Å². The predicted molar refractivity (Wildman–Crippen MR) is 96.8 cm³/mol. The van der Waals surface area contributed by atoms with Crippen molar-refractivity contribution in [2.24, 2.45) is 0 Å². The Morgan fingerprint density at radius 2 is 1.79 bits per heavy atom. The van der Waals surface area contributed by atoms with Crippen LogP contribution in [0.5, 0.6) is 0 Å². The molecule has 0 aromatic heterocycles. The van der Waals surface area contributed by atoms with Crippen LogP contribution in [0.2, 0.25) is 0 Å². The molecule has 24 heavy (non-hydrogen) atoms. The average molecular weight is 351 g/mol. The molecular weight excluding hydrogens is 325 g/mol. The summed E-state index contributed by atoms with van der Waals surface area (Å²) in [5.41, 5.74) is 1.35. The molecule has 1 aromatic rings. The van der Waals surface area contributed by atoms with Crippen molar-refractivity contribution in [1.82, 2.24) is 0 Å². The largest absolute Gasteiger partial charge is 0.449 e. The van der Waals surface area contributed by atoms with Crippen molar-refractivity contribution in [2.45, 2.75) is 40.0 Å². The smallest absolute Gasteiger partial charge is 0.421 e. The van der Waals surface area contributed by atoms with Gasteiger partial charge in [-0.05, 0) is 24.6 Å². The minimum Gasteiger partial charge on any atom is -0.449 e. The first-order valence-electron chi connectivity index (χ1n) is 8.35. The Hall–Kier alpha value is -1.74. The zero-order chi connectivity index (χ0) is 18.0. The molecule has 132 valence electrons. The van der Waals surface area contributed by atoms with Gasteiger partial charge in [0.2, 0.25) is 13.3 Å². The van der Waals surface area contributed by atoms with Crippen LogP contribution in [0.1, 0.15) is 40.2 Å². The highest BCUT2D eigenvalue weighted by molar-refractivity contribution is 7.59. The molecule has 1 aliphatic heterocycles. The third-order valence-electron chi connectivity index (χ3n) is 4.22. The molecule has 0 aliphatic carbocycles. The molecule has 0 saturated heterocycles. The molecule has 0 unspecified atom stereocenters. The van der Waals surface area contributed by atoms with Gasteiger partial charge in [0.15, 0.2) is 0 Å². The topological polar surface area (TPSA) is 55.8 Å². The van der Waals surface area contributed by atoms with Gasteiger partial charge < -0.3 is 9.26 Å². The zero-order valence-electron chi connectivity index (χ0n) is 15.0. The Morgan fingerprint density at radius 3 is 2.38 bits per heavy atom. The lowest BCUT2D eigenvalue weighted by Crippen LogP contribution is -2.38. The van der Waals surface area contributed by atoms with Gasteiger partial charge in [-0.1, -0.05) is 45.9 Å². The molecule has 6 heteroatoms. The summed E-state index contributed by atoms with van der Waals surface area (Å²) >= 11 is 0. The van der Waals surface area contributed by atoms with Gasteiger partial charge in [-0.25, -0.2) is 9.69 Å². The van der Waals surface area contributed by atoms with E-state index in [0.717, 1.165) is 5.56 Å². The van der Waals surface area contributed by atoms with E-state index in [0.29, 0.717) is 23.9 Å². The number of anilines is 1. The molecular formula is C18H26NO4P. The second kappa shape index (κ2) is 7.02. The number of hydrogen-bond acceptors (Lipinski definition) is 4. The molecule has 1 aromatic carbocycles. The molecule has 5 nitrogen and oxygen atoms in total. The molecule has 2 rings (SSSR count). The molecule has 1 amide bonds. The molecule has 1 aliphatic rings. The molecule has 0 bridgehead atoms. The fraction of sp³-hybridized carbons (Fsp3) is 0.500. The van der Waals surface area contributed by atoms with Crippen molar-refractivity contribution in [3.05, 3.63) is 41.8 Å². The molecule has 1 heterocycles. The van der Waals surface area contributed by atoms with Crippen molar-refractivity contribution >= 4 is 19.1 Å². The van der Waals surface area contributed by atoms with E-state index in [1.54, 1.807) is 6.92 Å². The summed E-state index contributed by atoms with van der Waals surface area (Å²) in [7, 11) is -2.83. The maximum Gasteiger partial charge on any atom is 0.421 e. The van der Waals surface area contributed by atoms with E-state index in [9.17, 15) is 9.36 Å².